The standard InChI is InChI=1S/C23H24FN3S/c1-6-14(3)27-21(18-8-7-13(2)11-19(18)24)12-20(26-27)22-15(4)17-9-10-28-23(17)25-16(22)5/h7-11,21,26H,3,5-6,12H2,1-2,4H3. The Bertz CT molecular complexity index is 1190. The van der Waals surface area contributed by atoms with Crippen LogP contribution >= 0.6 is 11.3 Å². The van der Waals surface area contributed by atoms with E-state index in [4.69, 9.17) is 0 Å². The summed E-state index contributed by atoms with van der Waals surface area (Å²) in [5.74, 6) is -0.181. The smallest absolute Gasteiger partial charge is 0.128 e. The zero-order chi connectivity index (χ0) is 20.0. The van der Waals surface area contributed by atoms with Gasteiger partial charge in [-0.2, -0.15) is 0 Å². The van der Waals surface area contributed by atoms with E-state index in [1.165, 1.54) is 0 Å². The normalized spacial score (nSPS) is 18.6. The molecule has 2 aromatic heterocycles. The first kappa shape index (κ1) is 18.7. The molecule has 4 rings (SSSR count). The first-order chi connectivity index (χ1) is 13.4. The summed E-state index contributed by atoms with van der Waals surface area (Å²) in [6, 6.07) is 7.38. The second-order valence-electron chi connectivity index (χ2n) is 7.32. The summed E-state index contributed by atoms with van der Waals surface area (Å²) in [5.41, 5.74) is 8.19. The molecule has 1 aliphatic rings. The number of pyridine rings is 1. The van der Waals surface area contributed by atoms with Gasteiger partial charge >= 0.3 is 0 Å². The van der Waals surface area contributed by atoms with Crippen LogP contribution in [0.2, 0.25) is 0 Å². The number of benzene rings is 1. The average molecular weight is 394 g/mol. The number of thiophene rings is 1. The molecule has 144 valence electrons. The maximum absolute atomic E-state index is 14.8. The highest BCUT2D eigenvalue weighted by Crippen LogP contribution is 2.36. The Morgan fingerprint density at radius 1 is 1.36 bits per heavy atom. The van der Waals surface area contributed by atoms with E-state index < -0.39 is 0 Å². The second-order valence-corrected chi connectivity index (χ2v) is 8.22. The van der Waals surface area contributed by atoms with Gasteiger partial charge in [-0.05, 0) is 48.9 Å². The second kappa shape index (κ2) is 7.06. The van der Waals surface area contributed by atoms with Crippen LogP contribution in [0.25, 0.3) is 22.5 Å². The van der Waals surface area contributed by atoms with E-state index in [9.17, 15) is 4.39 Å². The Morgan fingerprint density at radius 3 is 2.86 bits per heavy atom. The molecular formula is C23H24FN3S. The van der Waals surface area contributed by atoms with E-state index >= 15 is 0 Å². The number of rotatable bonds is 3. The van der Waals surface area contributed by atoms with Gasteiger partial charge < -0.3 is 5.43 Å². The number of aromatic nitrogens is 1. The van der Waals surface area contributed by atoms with E-state index in [-0.39, 0.29) is 11.9 Å². The lowest BCUT2D eigenvalue weighted by Crippen LogP contribution is -2.37. The molecule has 5 heteroatoms. The molecule has 1 saturated heterocycles. The van der Waals surface area contributed by atoms with Crippen LogP contribution in [0.15, 0.2) is 41.9 Å². The van der Waals surface area contributed by atoms with Crippen LogP contribution in [0.3, 0.4) is 0 Å². The molecule has 1 unspecified atom stereocenters. The van der Waals surface area contributed by atoms with Gasteiger partial charge in [0.05, 0.1) is 11.4 Å². The van der Waals surface area contributed by atoms with Crippen molar-refractivity contribution in [3.8, 4) is 0 Å². The van der Waals surface area contributed by atoms with Gasteiger partial charge in [-0.3, -0.25) is 5.01 Å². The number of nitrogens with zero attached hydrogens (tertiary/aromatic N) is 2. The van der Waals surface area contributed by atoms with Crippen LogP contribution in [0.4, 0.5) is 4.39 Å². The number of nitrogens with one attached hydrogen (secondary N) is 1. The maximum Gasteiger partial charge on any atom is 0.128 e. The number of allylic oxidation sites excluding steroid dienone is 1. The monoisotopic (exact) mass is 393 g/mol. The molecule has 0 spiro atoms. The number of halogens is 1. The van der Waals surface area contributed by atoms with Crippen molar-refractivity contribution in [3.63, 3.8) is 0 Å². The van der Waals surface area contributed by atoms with Crippen LogP contribution in [-0.4, -0.2) is 9.99 Å². The van der Waals surface area contributed by atoms with E-state index in [1.54, 1.807) is 17.4 Å². The third-order valence-corrected chi connectivity index (χ3v) is 6.29. The van der Waals surface area contributed by atoms with E-state index in [1.807, 2.05) is 24.1 Å². The average Bonchev–Trinajstić information content (AvgIpc) is 3.28. The SMILES string of the molecule is C=C(CC)N1NC(=c2c(C)c3ccsc3nc2=C)CC1c1ccc(C)cc1F. The van der Waals surface area contributed by atoms with Crippen molar-refractivity contribution in [2.45, 2.75) is 39.7 Å². The third-order valence-electron chi connectivity index (χ3n) is 5.48. The number of hydrogen-bond donors (Lipinski definition) is 1. The lowest BCUT2D eigenvalue weighted by atomic mass is 9.99. The van der Waals surface area contributed by atoms with Crippen molar-refractivity contribution in [3.05, 3.63) is 75.0 Å². The molecule has 28 heavy (non-hydrogen) atoms. The van der Waals surface area contributed by atoms with Crippen molar-refractivity contribution < 1.29 is 4.39 Å². The van der Waals surface area contributed by atoms with Crippen molar-refractivity contribution in [2.24, 2.45) is 0 Å². The van der Waals surface area contributed by atoms with Gasteiger partial charge in [0.1, 0.15) is 10.6 Å². The maximum atomic E-state index is 14.8. The largest absolute Gasteiger partial charge is 0.301 e. The Hall–Kier alpha value is -2.66. The minimum Gasteiger partial charge on any atom is -0.301 e. The van der Waals surface area contributed by atoms with Crippen molar-refractivity contribution in [1.82, 2.24) is 15.4 Å². The highest BCUT2D eigenvalue weighted by Gasteiger charge is 2.32. The van der Waals surface area contributed by atoms with Crippen LogP contribution in [0.5, 0.6) is 0 Å². The molecule has 0 bridgehead atoms. The summed E-state index contributed by atoms with van der Waals surface area (Å²) in [6.07, 6.45) is 1.43. The topological polar surface area (TPSA) is 28.2 Å². The number of hydrogen-bond acceptors (Lipinski definition) is 4. The van der Waals surface area contributed by atoms with Crippen molar-refractivity contribution in [1.29, 1.82) is 0 Å². The lowest BCUT2D eigenvalue weighted by Gasteiger charge is -2.28. The van der Waals surface area contributed by atoms with Gasteiger partial charge in [-0.25, -0.2) is 9.37 Å². The Kier molecular flexibility index (Phi) is 4.71. The summed E-state index contributed by atoms with van der Waals surface area (Å²) in [7, 11) is 0. The molecule has 0 saturated carbocycles. The van der Waals surface area contributed by atoms with Gasteiger partial charge in [-0.1, -0.05) is 32.2 Å². The van der Waals surface area contributed by atoms with Crippen LogP contribution < -0.4 is 16.0 Å². The predicted octanol–water partition coefficient (Wildman–Crippen LogP) is 4.45. The van der Waals surface area contributed by atoms with Crippen LogP contribution in [-0.2, 0) is 0 Å². The summed E-state index contributed by atoms with van der Waals surface area (Å²) in [4.78, 5) is 5.69. The number of fused-ring (bicyclic) bond motifs is 1. The lowest BCUT2D eigenvalue weighted by molar-refractivity contribution is 0.249. The highest BCUT2D eigenvalue weighted by atomic mass is 32.1. The zero-order valence-corrected chi connectivity index (χ0v) is 17.3. The quantitative estimate of drug-likeness (QED) is 0.713. The van der Waals surface area contributed by atoms with Crippen molar-refractivity contribution in [2.75, 3.05) is 0 Å². The molecular weight excluding hydrogens is 369 g/mol. The first-order valence-electron chi connectivity index (χ1n) is 9.46. The molecule has 3 nitrogen and oxygen atoms in total. The molecule has 3 heterocycles. The highest BCUT2D eigenvalue weighted by molar-refractivity contribution is 7.16. The Morgan fingerprint density at radius 2 is 2.14 bits per heavy atom. The van der Waals surface area contributed by atoms with E-state index in [2.05, 4.69) is 48.9 Å². The van der Waals surface area contributed by atoms with Gasteiger partial charge in [0.2, 0.25) is 0 Å². The van der Waals surface area contributed by atoms with Gasteiger partial charge in [0.15, 0.2) is 0 Å². The van der Waals surface area contributed by atoms with Gasteiger partial charge in [0.25, 0.3) is 0 Å². The fourth-order valence-corrected chi connectivity index (χ4v) is 4.78. The molecule has 0 amide bonds. The minimum atomic E-state index is -0.181. The molecule has 0 aliphatic carbocycles. The molecule has 1 fully saturated rings. The first-order valence-corrected chi connectivity index (χ1v) is 10.3. The summed E-state index contributed by atoms with van der Waals surface area (Å²) in [6.45, 7) is 14.4. The zero-order valence-electron chi connectivity index (χ0n) is 16.5. The Balaban J connectivity index is 1.91. The molecule has 1 N–H and O–H groups in total. The van der Waals surface area contributed by atoms with Gasteiger partial charge in [-0.15, -0.1) is 11.3 Å². The minimum absolute atomic E-state index is 0.153. The van der Waals surface area contributed by atoms with Crippen LogP contribution in [0, 0.1) is 19.7 Å². The third kappa shape index (κ3) is 3.00. The fraction of sp³-hybridized carbons (Fsp3) is 0.261. The van der Waals surface area contributed by atoms with E-state index in [0.717, 1.165) is 49.7 Å². The number of hydrazine groups is 1. The van der Waals surface area contributed by atoms with Crippen LogP contribution in [0.1, 0.15) is 42.5 Å². The van der Waals surface area contributed by atoms with E-state index in [0.29, 0.717) is 12.0 Å². The molecule has 0 radical (unpaired) electrons. The summed E-state index contributed by atoms with van der Waals surface area (Å²) < 4.78 is 14.8. The molecule has 1 aliphatic heterocycles. The predicted molar refractivity (Wildman–Crippen MR) is 115 cm³/mol. The molecule has 1 atom stereocenters. The molecule has 3 aromatic rings. The summed E-state index contributed by atoms with van der Waals surface area (Å²) in [5, 5.41) is 6.97. The summed E-state index contributed by atoms with van der Waals surface area (Å²) >= 11 is 1.62. The fourth-order valence-electron chi connectivity index (χ4n) is 3.94. The molecule has 1 aromatic carbocycles. The number of aryl methyl sites for hydroxylation is 2. The Labute approximate surface area is 168 Å². The van der Waals surface area contributed by atoms with Crippen molar-refractivity contribution >= 4 is 33.8 Å². The van der Waals surface area contributed by atoms with Gasteiger partial charge in [0, 0.05) is 34.0 Å².